The summed E-state index contributed by atoms with van der Waals surface area (Å²) < 4.78 is 2.07. The molecule has 20 heavy (non-hydrogen) atoms. The van der Waals surface area contributed by atoms with Gasteiger partial charge in [0.05, 0.1) is 5.69 Å². The summed E-state index contributed by atoms with van der Waals surface area (Å²) in [4.78, 5) is 4.56. The van der Waals surface area contributed by atoms with Crippen LogP contribution in [0.3, 0.4) is 0 Å². The molecule has 0 bridgehead atoms. The zero-order valence-corrected chi connectivity index (χ0v) is 11.7. The van der Waals surface area contributed by atoms with Gasteiger partial charge < -0.3 is 5.32 Å². The summed E-state index contributed by atoms with van der Waals surface area (Å²) in [6.07, 6.45) is 2.04. The Kier molecular flexibility index (Phi) is 3.25. The van der Waals surface area contributed by atoms with E-state index in [0.29, 0.717) is 0 Å². The van der Waals surface area contributed by atoms with Crippen LogP contribution in [-0.2, 0) is 0 Å². The molecule has 3 nitrogen and oxygen atoms in total. The lowest BCUT2D eigenvalue weighted by Gasteiger charge is -2.10. The van der Waals surface area contributed by atoms with Gasteiger partial charge in [0, 0.05) is 17.6 Å². The highest BCUT2D eigenvalue weighted by Crippen LogP contribution is 2.20. The molecule has 0 spiro atoms. The number of hydrogen-bond donors (Lipinski definition) is 1. The fourth-order valence-corrected chi connectivity index (χ4v) is 2.14. The van der Waals surface area contributed by atoms with Crippen molar-refractivity contribution in [1.82, 2.24) is 9.55 Å². The van der Waals surface area contributed by atoms with Gasteiger partial charge in [-0.25, -0.2) is 4.98 Å². The largest absolute Gasteiger partial charge is 0.325 e. The molecule has 0 aliphatic heterocycles. The molecule has 0 aliphatic rings. The molecular formula is C17H17N3. The molecule has 100 valence electrons. The number of imidazole rings is 1. The highest BCUT2D eigenvalue weighted by atomic mass is 15.2. The van der Waals surface area contributed by atoms with Crippen molar-refractivity contribution in [3.63, 3.8) is 0 Å². The summed E-state index contributed by atoms with van der Waals surface area (Å²) in [6.45, 7) is 4.09. The van der Waals surface area contributed by atoms with Gasteiger partial charge in [0.2, 0.25) is 5.95 Å². The summed E-state index contributed by atoms with van der Waals surface area (Å²) in [6, 6.07) is 18.5. The van der Waals surface area contributed by atoms with Crippen LogP contribution >= 0.6 is 0 Å². The Morgan fingerprint density at radius 1 is 0.900 bits per heavy atom. The highest BCUT2D eigenvalue weighted by Gasteiger charge is 2.07. The van der Waals surface area contributed by atoms with E-state index in [2.05, 4.69) is 46.1 Å². The third-order valence-corrected chi connectivity index (χ3v) is 3.17. The molecule has 1 N–H and O–H groups in total. The van der Waals surface area contributed by atoms with Crippen LogP contribution in [0.4, 0.5) is 11.6 Å². The zero-order chi connectivity index (χ0) is 13.9. The van der Waals surface area contributed by atoms with E-state index in [9.17, 15) is 0 Å². The third kappa shape index (κ3) is 2.57. The topological polar surface area (TPSA) is 29.9 Å². The van der Waals surface area contributed by atoms with E-state index in [0.717, 1.165) is 23.0 Å². The first-order valence-electron chi connectivity index (χ1n) is 6.67. The van der Waals surface area contributed by atoms with Crippen molar-refractivity contribution in [2.45, 2.75) is 13.8 Å². The van der Waals surface area contributed by atoms with Crippen molar-refractivity contribution < 1.29 is 0 Å². The normalized spacial score (nSPS) is 10.5. The molecule has 0 saturated heterocycles. The molecule has 3 aromatic rings. The number of nitrogens with zero attached hydrogens (tertiary/aromatic N) is 2. The summed E-state index contributed by atoms with van der Waals surface area (Å²) in [5.41, 5.74) is 4.38. The average molecular weight is 263 g/mol. The molecule has 0 atom stereocenters. The van der Waals surface area contributed by atoms with E-state index in [-0.39, 0.29) is 0 Å². The Labute approximate surface area is 118 Å². The molecule has 1 heterocycles. The van der Waals surface area contributed by atoms with E-state index in [1.165, 1.54) is 5.56 Å². The molecule has 0 radical (unpaired) electrons. The second-order valence-corrected chi connectivity index (χ2v) is 4.90. The minimum absolute atomic E-state index is 0.831. The van der Waals surface area contributed by atoms with Gasteiger partial charge in [0.15, 0.2) is 0 Å². The Bertz CT molecular complexity index is 697. The Morgan fingerprint density at radius 3 is 2.30 bits per heavy atom. The van der Waals surface area contributed by atoms with Crippen molar-refractivity contribution in [2.75, 3.05) is 5.32 Å². The van der Waals surface area contributed by atoms with Crippen LogP contribution < -0.4 is 5.32 Å². The third-order valence-electron chi connectivity index (χ3n) is 3.17. The van der Waals surface area contributed by atoms with Crippen molar-refractivity contribution in [2.24, 2.45) is 0 Å². The molecule has 2 aromatic carbocycles. The maximum atomic E-state index is 4.56. The molecule has 3 rings (SSSR count). The van der Waals surface area contributed by atoms with Crippen molar-refractivity contribution in [3.05, 3.63) is 72.1 Å². The molecule has 1 aromatic heterocycles. The van der Waals surface area contributed by atoms with Crippen LogP contribution in [0.15, 0.2) is 60.8 Å². The Balaban J connectivity index is 1.98. The lowest BCUT2D eigenvalue weighted by atomic mass is 10.2. The number of rotatable bonds is 3. The molecule has 3 heteroatoms. The van der Waals surface area contributed by atoms with E-state index < -0.39 is 0 Å². The summed E-state index contributed by atoms with van der Waals surface area (Å²) in [5, 5.41) is 3.36. The van der Waals surface area contributed by atoms with Gasteiger partial charge in [0.25, 0.3) is 0 Å². The van der Waals surface area contributed by atoms with Crippen LogP contribution in [0.1, 0.15) is 11.3 Å². The average Bonchev–Trinajstić information content (AvgIpc) is 2.81. The zero-order valence-electron chi connectivity index (χ0n) is 11.7. The Morgan fingerprint density at radius 2 is 1.60 bits per heavy atom. The standard InChI is InChI=1S/C17H17N3/c1-13-8-10-16(11-9-13)20-12-14(2)18-17(20)19-15-6-4-3-5-7-15/h3-12H,1-2H3,(H,18,19). The number of benzene rings is 2. The molecule has 0 aliphatic carbocycles. The summed E-state index contributed by atoms with van der Waals surface area (Å²) in [7, 11) is 0. The van der Waals surface area contributed by atoms with Gasteiger partial charge in [-0.2, -0.15) is 0 Å². The number of para-hydroxylation sites is 1. The summed E-state index contributed by atoms with van der Waals surface area (Å²) >= 11 is 0. The maximum Gasteiger partial charge on any atom is 0.212 e. The lowest BCUT2D eigenvalue weighted by molar-refractivity contribution is 1.06. The Hall–Kier alpha value is -2.55. The van der Waals surface area contributed by atoms with Crippen LogP contribution in [0, 0.1) is 13.8 Å². The first-order valence-corrected chi connectivity index (χ1v) is 6.67. The SMILES string of the molecule is Cc1ccc(-n2cc(C)nc2Nc2ccccc2)cc1. The van der Waals surface area contributed by atoms with E-state index >= 15 is 0 Å². The fourth-order valence-electron chi connectivity index (χ4n) is 2.14. The number of hydrogen-bond acceptors (Lipinski definition) is 2. The molecule has 0 saturated carbocycles. The molecule has 0 unspecified atom stereocenters. The predicted octanol–water partition coefficient (Wildman–Crippen LogP) is 4.23. The van der Waals surface area contributed by atoms with E-state index in [1.807, 2.05) is 43.5 Å². The van der Waals surface area contributed by atoms with Gasteiger partial charge in [-0.3, -0.25) is 4.57 Å². The minimum Gasteiger partial charge on any atom is -0.325 e. The highest BCUT2D eigenvalue weighted by molar-refractivity contribution is 5.56. The van der Waals surface area contributed by atoms with E-state index in [4.69, 9.17) is 0 Å². The lowest BCUT2D eigenvalue weighted by Crippen LogP contribution is -2.00. The quantitative estimate of drug-likeness (QED) is 0.766. The smallest absolute Gasteiger partial charge is 0.212 e. The van der Waals surface area contributed by atoms with E-state index in [1.54, 1.807) is 0 Å². The second-order valence-electron chi connectivity index (χ2n) is 4.90. The number of aryl methyl sites for hydroxylation is 2. The predicted molar refractivity (Wildman–Crippen MR) is 82.8 cm³/mol. The first-order chi connectivity index (χ1) is 9.72. The first kappa shape index (κ1) is 12.5. The van der Waals surface area contributed by atoms with Gasteiger partial charge >= 0.3 is 0 Å². The second kappa shape index (κ2) is 5.21. The van der Waals surface area contributed by atoms with Crippen LogP contribution in [0.25, 0.3) is 5.69 Å². The van der Waals surface area contributed by atoms with Crippen LogP contribution in [0.5, 0.6) is 0 Å². The van der Waals surface area contributed by atoms with Crippen molar-refractivity contribution in [1.29, 1.82) is 0 Å². The van der Waals surface area contributed by atoms with Crippen molar-refractivity contribution in [3.8, 4) is 5.69 Å². The maximum absolute atomic E-state index is 4.56. The van der Waals surface area contributed by atoms with Crippen LogP contribution in [-0.4, -0.2) is 9.55 Å². The monoisotopic (exact) mass is 263 g/mol. The minimum atomic E-state index is 0.831. The molecular weight excluding hydrogens is 246 g/mol. The number of aromatic nitrogens is 2. The van der Waals surface area contributed by atoms with Gasteiger partial charge in [-0.1, -0.05) is 35.9 Å². The fraction of sp³-hybridized carbons (Fsp3) is 0.118. The van der Waals surface area contributed by atoms with Crippen molar-refractivity contribution >= 4 is 11.6 Å². The summed E-state index contributed by atoms with van der Waals surface area (Å²) in [5.74, 6) is 0.831. The molecule has 0 fully saturated rings. The van der Waals surface area contributed by atoms with Gasteiger partial charge in [0.1, 0.15) is 0 Å². The van der Waals surface area contributed by atoms with Gasteiger partial charge in [-0.15, -0.1) is 0 Å². The molecule has 0 amide bonds. The number of anilines is 2. The van der Waals surface area contributed by atoms with Gasteiger partial charge in [-0.05, 0) is 38.1 Å². The van der Waals surface area contributed by atoms with Crippen LogP contribution in [0.2, 0.25) is 0 Å². The number of nitrogens with one attached hydrogen (secondary N) is 1.